The van der Waals surface area contributed by atoms with E-state index in [4.69, 9.17) is 10.7 Å². The van der Waals surface area contributed by atoms with Gasteiger partial charge in [-0.3, -0.25) is 4.79 Å². The van der Waals surface area contributed by atoms with Gasteiger partial charge < -0.3 is 4.90 Å². The molecule has 0 aliphatic carbocycles. The van der Waals surface area contributed by atoms with E-state index in [0.29, 0.717) is 31.6 Å². The van der Waals surface area contributed by atoms with Crippen molar-refractivity contribution in [2.75, 3.05) is 13.1 Å². The molecule has 4 nitrogen and oxygen atoms in total. The quantitative estimate of drug-likeness (QED) is 0.617. The van der Waals surface area contributed by atoms with Crippen LogP contribution in [0.2, 0.25) is 0 Å². The van der Waals surface area contributed by atoms with Gasteiger partial charge in [0.1, 0.15) is 0 Å². The molecule has 8 heteroatoms. The third-order valence-electron chi connectivity index (χ3n) is 3.13. The van der Waals surface area contributed by atoms with Gasteiger partial charge in [-0.2, -0.15) is 0 Å². The second kappa shape index (κ2) is 5.73. The minimum atomic E-state index is -4.37. The van der Waals surface area contributed by atoms with E-state index in [-0.39, 0.29) is 0 Å². The number of carbonyl (C=O) groups excluding carboxylic acids is 1. The van der Waals surface area contributed by atoms with Gasteiger partial charge in [0.25, 0.3) is 15.0 Å². The average molecular weight is 336 g/mol. The van der Waals surface area contributed by atoms with Crippen LogP contribution >= 0.6 is 10.7 Å². The maximum Gasteiger partial charge on any atom is 0.262 e. The number of hydrogen-bond acceptors (Lipinski definition) is 3. The number of rotatable bonds is 2. The molecule has 1 aromatic carbocycles. The number of halogens is 3. The van der Waals surface area contributed by atoms with Crippen molar-refractivity contribution in [2.24, 2.45) is 0 Å². The van der Waals surface area contributed by atoms with Crippen LogP contribution in [0.5, 0.6) is 0 Å². The first kappa shape index (κ1) is 15.9. The van der Waals surface area contributed by atoms with Crippen molar-refractivity contribution in [3.8, 4) is 0 Å². The third kappa shape index (κ3) is 3.41. The van der Waals surface area contributed by atoms with E-state index in [2.05, 4.69) is 0 Å². The molecule has 1 heterocycles. The monoisotopic (exact) mass is 335 g/mol. The van der Waals surface area contributed by atoms with Crippen LogP contribution < -0.4 is 0 Å². The Morgan fingerprint density at radius 1 is 1.29 bits per heavy atom. The van der Waals surface area contributed by atoms with Crippen molar-refractivity contribution >= 4 is 25.6 Å². The number of carbonyl (C=O) groups is 1. The van der Waals surface area contributed by atoms with Crippen molar-refractivity contribution in [3.63, 3.8) is 0 Å². The lowest BCUT2D eigenvalue weighted by molar-refractivity contribution is 0.0761. The minimum absolute atomic E-state index is 0.305. The molecule has 0 atom stereocenters. The van der Waals surface area contributed by atoms with Gasteiger partial charge in [-0.1, -0.05) is 11.6 Å². The van der Waals surface area contributed by atoms with Crippen LogP contribution in [0.15, 0.2) is 28.7 Å². The summed E-state index contributed by atoms with van der Waals surface area (Å²) in [5, 5.41) is 0. The van der Waals surface area contributed by atoms with E-state index in [1.165, 1.54) is 4.90 Å². The molecule has 0 spiro atoms. The summed E-state index contributed by atoms with van der Waals surface area (Å²) in [4.78, 5) is 13.0. The van der Waals surface area contributed by atoms with Crippen molar-refractivity contribution in [1.82, 2.24) is 4.90 Å². The zero-order valence-corrected chi connectivity index (χ0v) is 12.6. The number of amides is 1. The zero-order valence-electron chi connectivity index (χ0n) is 11.1. The Labute approximate surface area is 125 Å². The molecular weight excluding hydrogens is 324 g/mol. The second-order valence-electron chi connectivity index (χ2n) is 4.77. The number of hydrogen-bond donors (Lipinski definition) is 0. The largest absolute Gasteiger partial charge is 0.334 e. The van der Waals surface area contributed by atoms with E-state index in [9.17, 15) is 22.0 Å². The third-order valence-corrected chi connectivity index (χ3v) is 4.50. The van der Waals surface area contributed by atoms with Crippen molar-refractivity contribution in [3.05, 3.63) is 41.0 Å². The predicted octanol–water partition coefficient (Wildman–Crippen LogP) is 2.68. The second-order valence-corrected chi connectivity index (χ2v) is 7.30. The van der Waals surface area contributed by atoms with Crippen LogP contribution in [0.3, 0.4) is 0 Å². The standard InChI is InChI=1S/C13H12ClF2NO3S/c1-8-3-2-4-17(7-8)13(18)9-5-10(15)11(16)6-12(9)21(14,19)20/h3,5-6H,2,4,7H2,1H3. The number of nitrogens with zero attached hydrogens (tertiary/aromatic N) is 1. The van der Waals surface area contributed by atoms with Crippen LogP contribution in [-0.4, -0.2) is 32.3 Å². The van der Waals surface area contributed by atoms with E-state index in [0.717, 1.165) is 5.57 Å². The summed E-state index contributed by atoms with van der Waals surface area (Å²) in [6.07, 6.45) is 2.57. The molecule has 2 rings (SSSR count). The maximum atomic E-state index is 13.4. The Hall–Kier alpha value is -1.47. The Bertz CT molecular complexity index is 731. The summed E-state index contributed by atoms with van der Waals surface area (Å²) in [7, 11) is 0.834. The lowest BCUT2D eigenvalue weighted by Crippen LogP contribution is -2.36. The van der Waals surface area contributed by atoms with Crippen LogP contribution in [0.1, 0.15) is 23.7 Å². The Balaban J connectivity index is 2.50. The van der Waals surface area contributed by atoms with Gasteiger partial charge in [-0.25, -0.2) is 17.2 Å². The lowest BCUT2D eigenvalue weighted by Gasteiger charge is -2.26. The fraction of sp³-hybridized carbons (Fsp3) is 0.308. The summed E-state index contributed by atoms with van der Waals surface area (Å²) in [6, 6.07) is 0.998. The first-order valence-corrected chi connectivity index (χ1v) is 8.39. The van der Waals surface area contributed by atoms with Gasteiger partial charge >= 0.3 is 0 Å². The molecule has 0 bridgehead atoms. The summed E-state index contributed by atoms with van der Waals surface area (Å²) in [5.74, 6) is -3.37. The molecule has 1 aromatic rings. The van der Waals surface area contributed by atoms with E-state index < -0.39 is 37.1 Å². The van der Waals surface area contributed by atoms with Crippen molar-refractivity contribution in [2.45, 2.75) is 18.2 Å². The molecule has 0 fully saturated rings. The smallest absolute Gasteiger partial charge is 0.262 e. The Kier molecular flexibility index (Phi) is 4.34. The fourth-order valence-corrected chi connectivity index (χ4v) is 3.19. The molecule has 114 valence electrons. The fourth-order valence-electron chi connectivity index (χ4n) is 2.15. The van der Waals surface area contributed by atoms with Crippen LogP contribution in [0.25, 0.3) is 0 Å². The predicted molar refractivity (Wildman–Crippen MR) is 73.7 cm³/mol. The topological polar surface area (TPSA) is 54.5 Å². The highest BCUT2D eigenvalue weighted by molar-refractivity contribution is 8.13. The molecule has 0 saturated carbocycles. The maximum absolute atomic E-state index is 13.4. The Morgan fingerprint density at radius 2 is 1.90 bits per heavy atom. The number of benzene rings is 1. The summed E-state index contributed by atoms with van der Waals surface area (Å²) in [6.45, 7) is 2.50. The first-order valence-electron chi connectivity index (χ1n) is 6.09. The summed E-state index contributed by atoms with van der Waals surface area (Å²) < 4.78 is 49.5. The molecular formula is C13H12ClF2NO3S. The molecule has 1 aliphatic rings. The van der Waals surface area contributed by atoms with Crippen LogP contribution in [-0.2, 0) is 9.05 Å². The SMILES string of the molecule is CC1=CCCN(C(=O)c2cc(F)c(F)cc2S(=O)(=O)Cl)C1. The van der Waals surface area contributed by atoms with Crippen molar-refractivity contribution in [1.29, 1.82) is 0 Å². The molecule has 0 saturated heterocycles. The van der Waals surface area contributed by atoms with Gasteiger partial charge in [0.15, 0.2) is 11.6 Å². The highest BCUT2D eigenvalue weighted by Crippen LogP contribution is 2.25. The van der Waals surface area contributed by atoms with Crippen molar-refractivity contribution < 1.29 is 22.0 Å². The van der Waals surface area contributed by atoms with Gasteiger partial charge in [0.2, 0.25) is 0 Å². The minimum Gasteiger partial charge on any atom is -0.334 e. The molecule has 0 N–H and O–H groups in total. The highest BCUT2D eigenvalue weighted by Gasteiger charge is 2.27. The molecule has 21 heavy (non-hydrogen) atoms. The lowest BCUT2D eigenvalue weighted by atomic mass is 10.1. The molecule has 0 radical (unpaired) electrons. The normalized spacial score (nSPS) is 15.8. The van der Waals surface area contributed by atoms with E-state index >= 15 is 0 Å². The van der Waals surface area contributed by atoms with Crippen LogP contribution in [0, 0.1) is 11.6 Å². The molecule has 1 aliphatic heterocycles. The Morgan fingerprint density at radius 3 is 2.48 bits per heavy atom. The average Bonchev–Trinajstić information content (AvgIpc) is 2.39. The van der Waals surface area contributed by atoms with E-state index in [1.807, 2.05) is 13.0 Å². The molecule has 0 aromatic heterocycles. The van der Waals surface area contributed by atoms with Gasteiger partial charge in [0.05, 0.1) is 10.5 Å². The molecule has 1 amide bonds. The van der Waals surface area contributed by atoms with E-state index in [1.54, 1.807) is 0 Å². The van der Waals surface area contributed by atoms with Crippen LogP contribution in [0.4, 0.5) is 8.78 Å². The van der Waals surface area contributed by atoms with Gasteiger partial charge in [-0.05, 0) is 25.5 Å². The summed E-state index contributed by atoms with van der Waals surface area (Å²) in [5.41, 5.74) is 0.478. The molecule has 0 unspecified atom stereocenters. The zero-order chi connectivity index (χ0) is 15.8. The summed E-state index contributed by atoms with van der Waals surface area (Å²) >= 11 is 0. The van der Waals surface area contributed by atoms with Gasteiger partial charge in [0, 0.05) is 23.8 Å². The van der Waals surface area contributed by atoms with Gasteiger partial charge in [-0.15, -0.1) is 0 Å². The highest BCUT2D eigenvalue weighted by atomic mass is 35.7. The first-order chi connectivity index (χ1) is 9.70.